The van der Waals surface area contributed by atoms with Gasteiger partial charge in [0.2, 0.25) is 5.91 Å². The van der Waals surface area contributed by atoms with Crippen LogP contribution in [-0.2, 0) is 11.3 Å². The van der Waals surface area contributed by atoms with Gasteiger partial charge in [-0.1, -0.05) is 6.07 Å². The van der Waals surface area contributed by atoms with Crippen molar-refractivity contribution in [1.82, 2.24) is 9.47 Å². The van der Waals surface area contributed by atoms with Crippen LogP contribution in [0.3, 0.4) is 0 Å². The van der Waals surface area contributed by atoms with E-state index in [1.54, 1.807) is 25.3 Å². The van der Waals surface area contributed by atoms with Gasteiger partial charge in [0.25, 0.3) is 5.56 Å². The summed E-state index contributed by atoms with van der Waals surface area (Å²) in [6.45, 7) is 3.60. The summed E-state index contributed by atoms with van der Waals surface area (Å²) in [7, 11) is 0. The van der Waals surface area contributed by atoms with Gasteiger partial charge in [-0.25, -0.2) is 0 Å². The zero-order valence-electron chi connectivity index (χ0n) is 9.48. The van der Waals surface area contributed by atoms with Crippen molar-refractivity contribution in [2.45, 2.75) is 26.3 Å². The van der Waals surface area contributed by atoms with Gasteiger partial charge in [-0.05, 0) is 25.8 Å². The lowest BCUT2D eigenvalue weighted by Crippen LogP contribution is -2.34. The lowest BCUT2D eigenvalue weighted by molar-refractivity contribution is -0.130. The Labute approximate surface area is 94.5 Å². The van der Waals surface area contributed by atoms with E-state index in [0.717, 1.165) is 25.9 Å². The standard InChI is InChI=1S/C12H16N2O2/c1-10-5-4-8-14(12(10)16)9-11(15)13-6-2-3-7-13/h4-5,8H,2-3,6-7,9H2,1H3. The molecule has 1 saturated heterocycles. The number of hydrogen-bond donors (Lipinski definition) is 0. The molecule has 4 nitrogen and oxygen atoms in total. The highest BCUT2D eigenvalue weighted by Gasteiger charge is 2.18. The van der Waals surface area contributed by atoms with E-state index in [4.69, 9.17) is 0 Å². The Bertz CT molecular complexity index is 445. The smallest absolute Gasteiger partial charge is 0.253 e. The minimum atomic E-state index is -0.0740. The SMILES string of the molecule is Cc1cccn(CC(=O)N2CCCC2)c1=O. The number of carbonyl (C=O) groups is 1. The summed E-state index contributed by atoms with van der Waals surface area (Å²) in [5, 5.41) is 0. The molecule has 0 unspecified atom stereocenters. The van der Waals surface area contributed by atoms with Gasteiger partial charge in [-0.2, -0.15) is 0 Å². The lowest BCUT2D eigenvalue weighted by Gasteiger charge is -2.16. The number of pyridine rings is 1. The van der Waals surface area contributed by atoms with E-state index in [1.807, 2.05) is 4.90 Å². The fourth-order valence-electron chi connectivity index (χ4n) is 1.99. The number of hydrogen-bond acceptors (Lipinski definition) is 2. The molecule has 86 valence electrons. The van der Waals surface area contributed by atoms with Crippen molar-refractivity contribution in [3.05, 3.63) is 34.2 Å². The summed E-state index contributed by atoms with van der Waals surface area (Å²) in [6, 6.07) is 3.56. The van der Waals surface area contributed by atoms with Crippen LogP contribution in [0.2, 0.25) is 0 Å². The van der Waals surface area contributed by atoms with Crippen LogP contribution in [0.15, 0.2) is 23.1 Å². The van der Waals surface area contributed by atoms with Gasteiger partial charge in [-0.3, -0.25) is 9.59 Å². The Hall–Kier alpha value is -1.58. The summed E-state index contributed by atoms with van der Waals surface area (Å²) in [6.07, 6.45) is 3.83. The first-order valence-electron chi connectivity index (χ1n) is 5.62. The largest absolute Gasteiger partial charge is 0.341 e. The molecule has 1 aliphatic rings. The Morgan fingerprint density at radius 2 is 2.06 bits per heavy atom. The first-order valence-corrected chi connectivity index (χ1v) is 5.62. The number of likely N-dealkylation sites (tertiary alicyclic amines) is 1. The number of carbonyl (C=O) groups excluding carboxylic acids is 1. The van der Waals surface area contributed by atoms with Gasteiger partial charge in [0.1, 0.15) is 6.54 Å². The van der Waals surface area contributed by atoms with Crippen molar-refractivity contribution in [2.24, 2.45) is 0 Å². The van der Waals surface area contributed by atoms with E-state index < -0.39 is 0 Å². The van der Waals surface area contributed by atoms with E-state index in [1.165, 1.54) is 4.57 Å². The van der Waals surface area contributed by atoms with Crippen molar-refractivity contribution in [2.75, 3.05) is 13.1 Å². The highest BCUT2D eigenvalue weighted by atomic mass is 16.2. The molecule has 0 aromatic carbocycles. The highest BCUT2D eigenvalue weighted by Crippen LogP contribution is 2.07. The van der Waals surface area contributed by atoms with Crippen LogP contribution >= 0.6 is 0 Å². The summed E-state index contributed by atoms with van der Waals surface area (Å²) < 4.78 is 1.48. The maximum atomic E-state index is 11.8. The molecule has 0 spiro atoms. The normalized spacial score (nSPS) is 15.4. The molecule has 0 aliphatic carbocycles. The predicted molar refractivity (Wildman–Crippen MR) is 61.3 cm³/mol. The third-order valence-electron chi connectivity index (χ3n) is 2.97. The average Bonchev–Trinajstić information content (AvgIpc) is 2.78. The van der Waals surface area contributed by atoms with Crippen molar-refractivity contribution in [3.63, 3.8) is 0 Å². The molecule has 1 aromatic heterocycles. The zero-order valence-corrected chi connectivity index (χ0v) is 9.48. The second-order valence-corrected chi connectivity index (χ2v) is 4.21. The fraction of sp³-hybridized carbons (Fsp3) is 0.500. The van der Waals surface area contributed by atoms with Crippen molar-refractivity contribution in [1.29, 1.82) is 0 Å². The van der Waals surface area contributed by atoms with Crippen molar-refractivity contribution >= 4 is 5.91 Å². The Morgan fingerprint density at radius 1 is 1.38 bits per heavy atom. The summed E-state index contributed by atoms with van der Waals surface area (Å²) in [4.78, 5) is 25.4. The Morgan fingerprint density at radius 3 is 2.75 bits per heavy atom. The molecule has 1 amide bonds. The fourth-order valence-corrected chi connectivity index (χ4v) is 1.99. The quantitative estimate of drug-likeness (QED) is 0.739. The molecule has 2 heterocycles. The molecule has 0 radical (unpaired) electrons. The molecule has 0 N–H and O–H groups in total. The molecule has 4 heteroatoms. The van der Waals surface area contributed by atoms with E-state index in [0.29, 0.717) is 5.56 Å². The van der Waals surface area contributed by atoms with Crippen LogP contribution in [0.5, 0.6) is 0 Å². The highest BCUT2D eigenvalue weighted by molar-refractivity contribution is 5.76. The van der Waals surface area contributed by atoms with Crippen molar-refractivity contribution < 1.29 is 4.79 Å². The van der Waals surface area contributed by atoms with Crippen LogP contribution in [0.25, 0.3) is 0 Å². The van der Waals surface area contributed by atoms with Crippen LogP contribution < -0.4 is 5.56 Å². The van der Waals surface area contributed by atoms with E-state index in [-0.39, 0.29) is 18.0 Å². The van der Waals surface area contributed by atoms with E-state index in [9.17, 15) is 9.59 Å². The van der Waals surface area contributed by atoms with Crippen molar-refractivity contribution in [3.8, 4) is 0 Å². The van der Waals surface area contributed by atoms with Crippen LogP contribution in [0.1, 0.15) is 18.4 Å². The molecular weight excluding hydrogens is 204 g/mol. The van der Waals surface area contributed by atoms with Gasteiger partial charge >= 0.3 is 0 Å². The van der Waals surface area contributed by atoms with Crippen LogP contribution in [-0.4, -0.2) is 28.5 Å². The minimum Gasteiger partial charge on any atom is -0.341 e. The maximum Gasteiger partial charge on any atom is 0.253 e. The molecule has 2 rings (SSSR count). The second kappa shape index (κ2) is 4.51. The van der Waals surface area contributed by atoms with Gasteiger partial charge in [0.15, 0.2) is 0 Å². The number of rotatable bonds is 2. The Balaban J connectivity index is 2.11. The molecule has 0 saturated carbocycles. The number of amides is 1. The number of aromatic nitrogens is 1. The van der Waals surface area contributed by atoms with Gasteiger partial charge in [0, 0.05) is 24.8 Å². The van der Waals surface area contributed by atoms with Crippen LogP contribution in [0, 0.1) is 6.92 Å². The van der Waals surface area contributed by atoms with E-state index >= 15 is 0 Å². The van der Waals surface area contributed by atoms with Gasteiger partial charge in [0.05, 0.1) is 0 Å². The maximum absolute atomic E-state index is 11.8. The molecule has 0 bridgehead atoms. The second-order valence-electron chi connectivity index (χ2n) is 4.21. The van der Waals surface area contributed by atoms with Gasteiger partial charge in [-0.15, -0.1) is 0 Å². The minimum absolute atomic E-state index is 0.0465. The Kier molecular flexibility index (Phi) is 3.08. The lowest BCUT2D eigenvalue weighted by atomic mass is 10.3. The van der Waals surface area contributed by atoms with Gasteiger partial charge < -0.3 is 9.47 Å². The summed E-state index contributed by atoms with van der Waals surface area (Å²) in [5.41, 5.74) is 0.603. The third kappa shape index (κ3) is 2.15. The number of aryl methyl sites for hydroxylation is 1. The summed E-state index contributed by atoms with van der Waals surface area (Å²) in [5.74, 6) is 0.0465. The predicted octanol–water partition coefficient (Wildman–Crippen LogP) is 0.779. The monoisotopic (exact) mass is 220 g/mol. The first kappa shape index (κ1) is 10.9. The molecule has 1 aliphatic heterocycles. The molecule has 16 heavy (non-hydrogen) atoms. The third-order valence-corrected chi connectivity index (χ3v) is 2.97. The molecular formula is C12H16N2O2. The first-order chi connectivity index (χ1) is 7.68. The summed E-state index contributed by atoms with van der Waals surface area (Å²) >= 11 is 0. The molecule has 0 atom stereocenters. The zero-order chi connectivity index (χ0) is 11.5. The van der Waals surface area contributed by atoms with Crippen LogP contribution in [0.4, 0.5) is 0 Å². The molecule has 1 fully saturated rings. The average molecular weight is 220 g/mol. The molecule has 1 aromatic rings. The number of nitrogens with zero attached hydrogens (tertiary/aromatic N) is 2. The van der Waals surface area contributed by atoms with E-state index in [2.05, 4.69) is 0 Å². The topological polar surface area (TPSA) is 42.3 Å².